The highest BCUT2D eigenvalue weighted by Crippen LogP contribution is 2.03. The molecule has 98 valence electrons. The summed E-state index contributed by atoms with van der Waals surface area (Å²) in [6.07, 6.45) is -0.418. The molecule has 0 saturated carbocycles. The topological polar surface area (TPSA) is 136 Å². The van der Waals surface area contributed by atoms with Crippen molar-refractivity contribution in [2.45, 2.75) is 38.8 Å². The molecule has 17 heavy (non-hydrogen) atoms. The van der Waals surface area contributed by atoms with E-state index < -0.39 is 30.2 Å². The van der Waals surface area contributed by atoms with Crippen LogP contribution in [-0.4, -0.2) is 35.0 Å². The van der Waals surface area contributed by atoms with Crippen LogP contribution in [0.5, 0.6) is 0 Å². The van der Waals surface area contributed by atoms with E-state index in [-0.39, 0.29) is 18.4 Å². The molecule has 0 heterocycles. The van der Waals surface area contributed by atoms with Gasteiger partial charge in [-0.1, -0.05) is 13.8 Å². The summed E-state index contributed by atoms with van der Waals surface area (Å²) in [4.78, 5) is 32.8. The van der Waals surface area contributed by atoms with Gasteiger partial charge in [0.2, 0.25) is 11.8 Å². The van der Waals surface area contributed by atoms with Crippen molar-refractivity contribution in [3.05, 3.63) is 0 Å². The van der Waals surface area contributed by atoms with E-state index in [1.165, 1.54) is 0 Å². The second-order valence-corrected chi connectivity index (χ2v) is 4.24. The van der Waals surface area contributed by atoms with Crippen LogP contribution in [0.3, 0.4) is 0 Å². The molecule has 2 amide bonds. The Labute approximate surface area is 99.5 Å². The van der Waals surface area contributed by atoms with E-state index in [9.17, 15) is 14.4 Å². The van der Waals surface area contributed by atoms with Crippen LogP contribution in [0.25, 0.3) is 0 Å². The molecule has 7 nitrogen and oxygen atoms in total. The van der Waals surface area contributed by atoms with Crippen molar-refractivity contribution in [3.63, 3.8) is 0 Å². The second-order valence-electron chi connectivity index (χ2n) is 4.24. The molecule has 0 fully saturated rings. The summed E-state index contributed by atoms with van der Waals surface area (Å²) in [5.41, 5.74) is 10.5. The lowest BCUT2D eigenvalue weighted by Crippen LogP contribution is -2.45. The number of rotatable bonds is 7. The fourth-order valence-corrected chi connectivity index (χ4v) is 1.10. The maximum absolute atomic E-state index is 11.4. The number of hydrogen-bond donors (Lipinski definition) is 4. The minimum absolute atomic E-state index is 0.0141. The van der Waals surface area contributed by atoms with Crippen molar-refractivity contribution in [1.29, 1.82) is 0 Å². The molecule has 0 aromatic rings. The molecule has 0 aromatic heterocycles. The Morgan fingerprint density at radius 1 is 1.24 bits per heavy atom. The van der Waals surface area contributed by atoms with Gasteiger partial charge in [0.15, 0.2) is 0 Å². The number of carboxylic acids is 1. The predicted octanol–water partition coefficient (Wildman–Crippen LogP) is -1.20. The highest BCUT2D eigenvalue weighted by Gasteiger charge is 2.23. The van der Waals surface area contributed by atoms with Crippen LogP contribution in [0.4, 0.5) is 0 Å². The number of carbonyl (C=O) groups excluding carboxylic acids is 2. The number of nitrogens with two attached hydrogens (primary N) is 2. The van der Waals surface area contributed by atoms with Crippen LogP contribution in [-0.2, 0) is 14.4 Å². The van der Waals surface area contributed by atoms with E-state index in [4.69, 9.17) is 16.6 Å². The number of nitrogens with one attached hydrogen (secondary N) is 1. The monoisotopic (exact) mass is 245 g/mol. The molecule has 0 saturated heterocycles. The van der Waals surface area contributed by atoms with Gasteiger partial charge in [-0.05, 0) is 5.92 Å². The third-order valence-corrected chi connectivity index (χ3v) is 2.32. The summed E-state index contributed by atoms with van der Waals surface area (Å²) in [7, 11) is 0. The van der Waals surface area contributed by atoms with E-state index in [0.29, 0.717) is 0 Å². The predicted molar refractivity (Wildman–Crippen MR) is 60.8 cm³/mol. The average Bonchev–Trinajstić information content (AvgIpc) is 2.15. The Morgan fingerprint density at radius 3 is 2.12 bits per heavy atom. The summed E-state index contributed by atoms with van der Waals surface area (Å²) in [5, 5.41) is 11.0. The Morgan fingerprint density at radius 2 is 1.76 bits per heavy atom. The second kappa shape index (κ2) is 6.85. The summed E-state index contributed by atoms with van der Waals surface area (Å²) in [6.45, 7) is 3.71. The summed E-state index contributed by atoms with van der Waals surface area (Å²) in [5.74, 6) is -2.47. The number of carbonyl (C=O) groups is 3. The first-order chi connectivity index (χ1) is 7.73. The van der Waals surface area contributed by atoms with Crippen molar-refractivity contribution in [1.82, 2.24) is 5.32 Å². The van der Waals surface area contributed by atoms with Gasteiger partial charge in [0.25, 0.3) is 0 Å². The molecule has 1 unspecified atom stereocenters. The minimum Gasteiger partial charge on any atom is -0.480 e. The van der Waals surface area contributed by atoms with Crippen molar-refractivity contribution < 1.29 is 19.5 Å². The number of aliphatic carboxylic acids is 1. The Balaban J connectivity index is 4.31. The molecule has 0 radical (unpaired) electrons. The Kier molecular flexibility index (Phi) is 6.19. The van der Waals surface area contributed by atoms with Gasteiger partial charge in [0, 0.05) is 12.5 Å². The SMILES string of the molecule is CC(C)C(N)CC(=O)N[C@H](CC(N)=O)C(=O)O. The van der Waals surface area contributed by atoms with E-state index in [1.54, 1.807) is 0 Å². The summed E-state index contributed by atoms with van der Waals surface area (Å²) < 4.78 is 0. The van der Waals surface area contributed by atoms with E-state index in [1.807, 2.05) is 13.8 Å². The van der Waals surface area contributed by atoms with Crippen molar-refractivity contribution in [2.75, 3.05) is 0 Å². The van der Waals surface area contributed by atoms with Crippen LogP contribution < -0.4 is 16.8 Å². The standard InChI is InChI=1S/C10H19N3O4/c1-5(2)6(11)3-9(15)13-7(10(16)17)4-8(12)14/h5-7H,3-4,11H2,1-2H3,(H2,12,14)(H,13,15)(H,16,17)/t6?,7-/m1/s1. The molecule has 0 spiro atoms. The van der Waals surface area contributed by atoms with Crippen LogP contribution in [0.15, 0.2) is 0 Å². The summed E-state index contributed by atoms with van der Waals surface area (Å²) >= 11 is 0. The van der Waals surface area contributed by atoms with Crippen LogP contribution in [0, 0.1) is 5.92 Å². The fraction of sp³-hybridized carbons (Fsp3) is 0.700. The Hall–Kier alpha value is -1.63. The molecular formula is C10H19N3O4. The maximum atomic E-state index is 11.4. The zero-order chi connectivity index (χ0) is 13.6. The first-order valence-electron chi connectivity index (χ1n) is 5.30. The van der Waals surface area contributed by atoms with Gasteiger partial charge in [-0.3, -0.25) is 9.59 Å². The smallest absolute Gasteiger partial charge is 0.326 e. The van der Waals surface area contributed by atoms with Gasteiger partial charge in [0.05, 0.1) is 6.42 Å². The molecule has 0 aromatic carbocycles. The minimum atomic E-state index is -1.30. The molecule has 0 rings (SSSR count). The molecule has 0 aliphatic heterocycles. The van der Waals surface area contributed by atoms with Gasteiger partial charge in [-0.2, -0.15) is 0 Å². The molecule has 0 bridgehead atoms. The Bertz CT molecular complexity index is 304. The maximum Gasteiger partial charge on any atom is 0.326 e. The number of primary amides is 1. The van der Waals surface area contributed by atoms with E-state index in [0.717, 1.165) is 0 Å². The first kappa shape index (κ1) is 15.4. The van der Waals surface area contributed by atoms with Crippen LogP contribution >= 0.6 is 0 Å². The zero-order valence-corrected chi connectivity index (χ0v) is 9.97. The van der Waals surface area contributed by atoms with Gasteiger partial charge >= 0.3 is 5.97 Å². The third kappa shape index (κ3) is 6.52. The molecule has 0 aliphatic carbocycles. The molecule has 6 N–H and O–H groups in total. The van der Waals surface area contributed by atoms with Crippen LogP contribution in [0.1, 0.15) is 26.7 Å². The number of hydrogen-bond acceptors (Lipinski definition) is 4. The molecule has 2 atom stereocenters. The van der Waals surface area contributed by atoms with E-state index in [2.05, 4.69) is 5.32 Å². The highest BCUT2D eigenvalue weighted by atomic mass is 16.4. The average molecular weight is 245 g/mol. The fourth-order valence-electron chi connectivity index (χ4n) is 1.10. The quantitative estimate of drug-likeness (QED) is 0.447. The van der Waals surface area contributed by atoms with Crippen molar-refractivity contribution >= 4 is 17.8 Å². The molecule has 7 heteroatoms. The number of carboxylic acid groups (broad SMARTS) is 1. The van der Waals surface area contributed by atoms with E-state index >= 15 is 0 Å². The van der Waals surface area contributed by atoms with Gasteiger partial charge < -0.3 is 21.9 Å². The molecule has 0 aliphatic rings. The summed E-state index contributed by atoms with van der Waals surface area (Å²) in [6, 6.07) is -1.64. The van der Waals surface area contributed by atoms with Crippen LogP contribution in [0.2, 0.25) is 0 Å². The van der Waals surface area contributed by atoms with Crippen molar-refractivity contribution in [3.8, 4) is 0 Å². The lowest BCUT2D eigenvalue weighted by atomic mass is 10.0. The number of amides is 2. The lowest BCUT2D eigenvalue weighted by Gasteiger charge is -2.17. The zero-order valence-electron chi connectivity index (χ0n) is 9.97. The third-order valence-electron chi connectivity index (χ3n) is 2.32. The lowest BCUT2D eigenvalue weighted by molar-refractivity contribution is -0.143. The molecular weight excluding hydrogens is 226 g/mol. The van der Waals surface area contributed by atoms with Crippen molar-refractivity contribution in [2.24, 2.45) is 17.4 Å². The van der Waals surface area contributed by atoms with Gasteiger partial charge in [-0.25, -0.2) is 4.79 Å². The highest BCUT2D eigenvalue weighted by molar-refractivity contribution is 5.88. The largest absolute Gasteiger partial charge is 0.480 e. The van der Waals surface area contributed by atoms with Gasteiger partial charge in [-0.15, -0.1) is 0 Å². The first-order valence-corrected chi connectivity index (χ1v) is 5.30. The van der Waals surface area contributed by atoms with Gasteiger partial charge in [0.1, 0.15) is 6.04 Å². The normalized spacial score (nSPS) is 14.1.